The number of thiophene rings is 1. The highest BCUT2D eigenvalue weighted by Gasteiger charge is 2.11. The van der Waals surface area contributed by atoms with Gasteiger partial charge in [-0.25, -0.2) is 0 Å². The zero-order chi connectivity index (χ0) is 15.2. The lowest BCUT2D eigenvalue weighted by Gasteiger charge is -2.04. The molecule has 2 aromatic carbocycles. The zero-order valence-electron chi connectivity index (χ0n) is 12.1. The van der Waals surface area contributed by atoms with E-state index in [1.807, 2.05) is 24.4 Å². The lowest BCUT2D eigenvalue weighted by Crippen LogP contribution is -1.90. The molecule has 0 spiro atoms. The molecule has 0 fully saturated rings. The molecule has 0 saturated heterocycles. The fourth-order valence-corrected chi connectivity index (χ4v) is 4.03. The fourth-order valence-electron chi connectivity index (χ4n) is 2.95. The van der Waals surface area contributed by atoms with Gasteiger partial charge in [-0.3, -0.25) is 4.98 Å². The average molecular weight is 313 g/mol. The molecule has 108 valence electrons. The molecule has 0 atom stereocenters. The molecule has 0 N–H and O–H groups in total. The summed E-state index contributed by atoms with van der Waals surface area (Å²) in [6.07, 6.45) is 1.82. The second kappa shape index (κ2) is 4.83. The van der Waals surface area contributed by atoms with Gasteiger partial charge in [-0.05, 0) is 18.2 Å². The van der Waals surface area contributed by atoms with E-state index in [2.05, 4.69) is 57.6 Å². The molecule has 3 nitrogen and oxygen atoms in total. The van der Waals surface area contributed by atoms with Gasteiger partial charge in [-0.2, -0.15) is 0 Å². The summed E-state index contributed by atoms with van der Waals surface area (Å²) < 4.78 is 2.40. The number of aromatic nitrogens is 3. The minimum atomic E-state index is 0.869. The van der Waals surface area contributed by atoms with Gasteiger partial charge in [0.2, 0.25) is 0 Å². The number of hydrogen-bond donors (Lipinski definition) is 0. The minimum Gasteiger partial charge on any atom is -0.256 e. The number of pyridine rings is 1. The van der Waals surface area contributed by atoms with E-state index in [9.17, 15) is 0 Å². The van der Waals surface area contributed by atoms with E-state index in [1.165, 1.54) is 10.1 Å². The first-order valence-corrected chi connectivity index (χ1v) is 8.21. The molecule has 0 radical (unpaired) electrons. The fraction of sp³-hybridized carbons (Fsp3) is 0. The number of benzene rings is 2. The number of hydrogen-bond acceptors (Lipinski definition) is 4. The Bertz CT molecular complexity index is 1170. The monoisotopic (exact) mass is 313 g/mol. The van der Waals surface area contributed by atoms with Crippen LogP contribution in [0.1, 0.15) is 0 Å². The van der Waals surface area contributed by atoms with E-state index in [4.69, 9.17) is 0 Å². The Kier molecular flexibility index (Phi) is 2.66. The molecule has 0 aliphatic carbocycles. The second-order valence-corrected chi connectivity index (χ2v) is 6.51. The van der Waals surface area contributed by atoms with Crippen molar-refractivity contribution in [2.45, 2.75) is 0 Å². The van der Waals surface area contributed by atoms with Crippen molar-refractivity contribution in [3.05, 3.63) is 66.9 Å². The second-order valence-electron chi connectivity index (χ2n) is 5.42. The van der Waals surface area contributed by atoms with Crippen LogP contribution >= 0.6 is 11.3 Å². The zero-order valence-corrected chi connectivity index (χ0v) is 12.9. The highest BCUT2D eigenvalue weighted by Crippen LogP contribution is 2.34. The van der Waals surface area contributed by atoms with Crippen LogP contribution in [-0.2, 0) is 0 Å². The van der Waals surface area contributed by atoms with Crippen molar-refractivity contribution >= 4 is 42.5 Å². The molecule has 0 unspecified atom stereocenters. The molecule has 0 aliphatic rings. The molecule has 23 heavy (non-hydrogen) atoms. The largest absolute Gasteiger partial charge is 0.256 e. The Hall–Kier alpha value is -2.85. The van der Waals surface area contributed by atoms with E-state index < -0.39 is 0 Å². The van der Waals surface area contributed by atoms with Crippen LogP contribution in [0.4, 0.5) is 0 Å². The van der Waals surface area contributed by atoms with Gasteiger partial charge in [-0.1, -0.05) is 42.5 Å². The first-order valence-electron chi connectivity index (χ1n) is 7.39. The van der Waals surface area contributed by atoms with Crippen molar-refractivity contribution in [1.82, 2.24) is 15.2 Å². The van der Waals surface area contributed by atoms with Crippen LogP contribution in [0, 0.1) is 0 Å². The summed E-state index contributed by atoms with van der Waals surface area (Å²) in [5.41, 5.74) is 3.83. The van der Waals surface area contributed by atoms with Gasteiger partial charge in [-0.15, -0.1) is 21.5 Å². The molecule has 0 amide bonds. The normalized spacial score (nSPS) is 11.5. The maximum absolute atomic E-state index is 4.52. The first kappa shape index (κ1) is 12.7. The quantitative estimate of drug-likeness (QED) is 0.434. The average Bonchev–Trinajstić information content (AvgIpc) is 2.99. The maximum atomic E-state index is 4.52. The first-order chi connectivity index (χ1) is 11.4. The van der Waals surface area contributed by atoms with Crippen LogP contribution in [0.5, 0.6) is 0 Å². The molecule has 0 aliphatic heterocycles. The van der Waals surface area contributed by atoms with Gasteiger partial charge in [0.25, 0.3) is 0 Å². The standard InChI is InChI=1S/C19H11N3S/c1-2-9-16-14(7-1)19-17(23-16)11-15(21-22-19)13-8-3-5-12-6-4-10-20-18(12)13/h1-11H. The van der Waals surface area contributed by atoms with E-state index in [0.29, 0.717) is 0 Å². The van der Waals surface area contributed by atoms with Crippen molar-refractivity contribution in [2.75, 3.05) is 0 Å². The SMILES string of the molecule is c1cnc2c(-c3cc4sc5ccccc5c4nn3)cccc2c1. The molecule has 0 saturated carbocycles. The van der Waals surface area contributed by atoms with Crippen molar-refractivity contribution in [3.8, 4) is 11.3 Å². The topological polar surface area (TPSA) is 38.7 Å². The Labute approximate surface area is 136 Å². The Morgan fingerprint density at radius 2 is 1.65 bits per heavy atom. The summed E-state index contributed by atoms with van der Waals surface area (Å²) in [6, 6.07) is 20.6. The van der Waals surface area contributed by atoms with E-state index in [-0.39, 0.29) is 0 Å². The van der Waals surface area contributed by atoms with E-state index >= 15 is 0 Å². The molecule has 5 rings (SSSR count). The third kappa shape index (κ3) is 1.92. The summed E-state index contributed by atoms with van der Waals surface area (Å²) in [5, 5.41) is 11.2. The summed E-state index contributed by atoms with van der Waals surface area (Å²) in [6.45, 7) is 0. The van der Waals surface area contributed by atoms with Gasteiger partial charge < -0.3 is 0 Å². The number of nitrogens with zero attached hydrogens (tertiary/aromatic N) is 3. The molecule has 3 aromatic heterocycles. The molecular weight excluding hydrogens is 302 g/mol. The van der Waals surface area contributed by atoms with Gasteiger partial charge >= 0.3 is 0 Å². The van der Waals surface area contributed by atoms with Gasteiger partial charge in [0.05, 0.1) is 15.9 Å². The Morgan fingerprint density at radius 1 is 0.739 bits per heavy atom. The molecule has 5 aromatic rings. The van der Waals surface area contributed by atoms with E-state index in [0.717, 1.165) is 32.4 Å². The van der Waals surface area contributed by atoms with Crippen molar-refractivity contribution in [2.24, 2.45) is 0 Å². The van der Waals surface area contributed by atoms with Crippen molar-refractivity contribution in [1.29, 1.82) is 0 Å². The van der Waals surface area contributed by atoms with Crippen LogP contribution in [0.15, 0.2) is 66.9 Å². The van der Waals surface area contributed by atoms with Crippen LogP contribution in [0.25, 0.3) is 42.5 Å². The van der Waals surface area contributed by atoms with Crippen molar-refractivity contribution in [3.63, 3.8) is 0 Å². The number of fused-ring (bicyclic) bond motifs is 4. The number of rotatable bonds is 1. The lowest BCUT2D eigenvalue weighted by atomic mass is 10.1. The molecule has 3 heterocycles. The van der Waals surface area contributed by atoms with Gasteiger partial charge in [0.15, 0.2) is 0 Å². The molecular formula is C19H11N3S. The number of para-hydroxylation sites is 1. The Morgan fingerprint density at radius 3 is 2.65 bits per heavy atom. The highest BCUT2D eigenvalue weighted by atomic mass is 32.1. The van der Waals surface area contributed by atoms with Crippen molar-refractivity contribution < 1.29 is 0 Å². The molecule has 0 bridgehead atoms. The summed E-state index contributed by atoms with van der Waals surface area (Å²) in [5.74, 6) is 0. The lowest BCUT2D eigenvalue weighted by molar-refractivity contribution is 1.09. The summed E-state index contributed by atoms with van der Waals surface area (Å²) in [4.78, 5) is 4.52. The van der Waals surface area contributed by atoms with Gasteiger partial charge in [0, 0.05) is 27.2 Å². The highest BCUT2D eigenvalue weighted by molar-refractivity contribution is 7.25. The predicted octanol–water partition coefficient (Wildman–Crippen LogP) is 5.06. The van der Waals surface area contributed by atoms with Crippen LogP contribution in [-0.4, -0.2) is 15.2 Å². The maximum Gasteiger partial charge on any atom is 0.112 e. The predicted molar refractivity (Wildman–Crippen MR) is 95.7 cm³/mol. The third-order valence-electron chi connectivity index (χ3n) is 4.03. The van der Waals surface area contributed by atoms with Crippen LogP contribution < -0.4 is 0 Å². The summed E-state index contributed by atoms with van der Waals surface area (Å²) >= 11 is 1.75. The third-order valence-corrected chi connectivity index (χ3v) is 5.14. The van der Waals surface area contributed by atoms with E-state index in [1.54, 1.807) is 11.3 Å². The van der Waals surface area contributed by atoms with Crippen LogP contribution in [0.2, 0.25) is 0 Å². The minimum absolute atomic E-state index is 0.869. The van der Waals surface area contributed by atoms with Gasteiger partial charge in [0.1, 0.15) is 5.52 Å². The summed E-state index contributed by atoms with van der Waals surface area (Å²) in [7, 11) is 0. The van der Waals surface area contributed by atoms with Crippen LogP contribution in [0.3, 0.4) is 0 Å². The molecule has 4 heteroatoms. The Balaban J connectivity index is 1.81. The smallest absolute Gasteiger partial charge is 0.112 e.